The first-order chi connectivity index (χ1) is 9.51. The predicted octanol–water partition coefficient (Wildman–Crippen LogP) is 3.95. The number of para-hydroxylation sites is 1. The van der Waals surface area contributed by atoms with Gasteiger partial charge in [-0.1, -0.05) is 12.1 Å². The van der Waals surface area contributed by atoms with E-state index in [2.05, 4.69) is 10.2 Å². The summed E-state index contributed by atoms with van der Waals surface area (Å²) in [6, 6.07) is 7.65. The number of nitrogens with one attached hydrogen (secondary N) is 1. The van der Waals surface area contributed by atoms with E-state index in [1.807, 2.05) is 0 Å². The molecule has 0 spiro atoms. The van der Waals surface area contributed by atoms with Crippen molar-refractivity contribution in [2.75, 3.05) is 18.4 Å². The van der Waals surface area contributed by atoms with Crippen molar-refractivity contribution in [3.8, 4) is 0 Å². The number of nitrogens with zero attached hydrogens (tertiary/aromatic N) is 1. The summed E-state index contributed by atoms with van der Waals surface area (Å²) in [4.78, 5) is 2.70. The van der Waals surface area contributed by atoms with E-state index in [-0.39, 0.29) is 22.7 Å². The summed E-state index contributed by atoms with van der Waals surface area (Å²) in [7, 11) is 0. The van der Waals surface area contributed by atoms with Gasteiger partial charge in [0.2, 0.25) is 0 Å². The van der Waals surface area contributed by atoms with Crippen LogP contribution in [0.2, 0.25) is 0 Å². The quantitative estimate of drug-likeness (QED) is 0.848. The molecular weight excluding hydrogens is 285 g/mol. The van der Waals surface area contributed by atoms with Crippen molar-refractivity contribution in [3.63, 3.8) is 0 Å². The second kappa shape index (κ2) is 5.48. The summed E-state index contributed by atoms with van der Waals surface area (Å²) in [6.45, 7) is 1.99. The molecule has 6 heteroatoms. The Bertz CT molecular complexity index is 474. The van der Waals surface area contributed by atoms with Gasteiger partial charge in [-0.2, -0.15) is 13.2 Å². The van der Waals surface area contributed by atoms with Gasteiger partial charge in [0.05, 0.1) is 0 Å². The smallest absolute Gasteiger partial charge is 0.380 e. The molecule has 1 saturated carbocycles. The molecule has 0 bridgehead atoms. The molecule has 1 aliphatic heterocycles. The molecule has 1 unspecified atom stereocenters. The van der Waals surface area contributed by atoms with Crippen molar-refractivity contribution >= 4 is 17.4 Å². The maximum absolute atomic E-state index is 12.5. The zero-order valence-corrected chi connectivity index (χ0v) is 11.8. The molecule has 1 aliphatic carbocycles. The summed E-state index contributed by atoms with van der Waals surface area (Å²) in [6.07, 6.45) is 3.54. The maximum Gasteiger partial charge on any atom is 0.446 e. The highest BCUT2D eigenvalue weighted by atomic mass is 32.2. The topological polar surface area (TPSA) is 15.3 Å². The predicted molar refractivity (Wildman–Crippen MR) is 75.0 cm³/mol. The van der Waals surface area contributed by atoms with Crippen LogP contribution < -0.4 is 5.32 Å². The highest BCUT2D eigenvalue weighted by Gasteiger charge is 2.35. The minimum absolute atomic E-state index is 0.0459. The first-order valence-corrected chi connectivity index (χ1v) is 7.68. The lowest BCUT2D eigenvalue weighted by Crippen LogP contribution is -2.27. The first-order valence-electron chi connectivity index (χ1n) is 6.86. The molecule has 1 aromatic rings. The number of thioether (sulfide) groups is 1. The number of alkyl halides is 3. The summed E-state index contributed by atoms with van der Waals surface area (Å²) in [5.74, 6) is 0. The Morgan fingerprint density at radius 2 is 1.90 bits per heavy atom. The van der Waals surface area contributed by atoms with E-state index in [0.717, 1.165) is 25.6 Å². The maximum atomic E-state index is 12.5. The van der Waals surface area contributed by atoms with E-state index in [1.54, 1.807) is 18.2 Å². The number of hydrogen-bond acceptors (Lipinski definition) is 3. The van der Waals surface area contributed by atoms with Gasteiger partial charge >= 0.3 is 5.51 Å². The molecule has 20 heavy (non-hydrogen) atoms. The third-order valence-electron chi connectivity index (χ3n) is 3.76. The molecule has 1 atom stereocenters. The summed E-state index contributed by atoms with van der Waals surface area (Å²) in [5, 5.41) is 3.28. The lowest BCUT2D eigenvalue weighted by molar-refractivity contribution is -0.0327. The van der Waals surface area contributed by atoms with E-state index in [1.165, 1.54) is 18.9 Å². The molecule has 0 amide bonds. The van der Waals surface area contributed by atoms with Gasteiger partial charge in [-0.15, -0.1) is 0 Å². The molecule has 1 saturated heterocycles. The van der Waals surface area contributed by atoms with Crippen LogP contribution in [0.15, 0.2) is 29.2 Å². The Morgan fingerprint density at radius 1 is 1.15 bits per heavy atom. The number of halogens is 3. The van der Waals surface area contributed by atoms with Gasteiger partial charge in [-0.25, -0.2) is 0 Å². The fourth-order valence-corrected chi connectivity index (χ4v) is 3.33. The van der Waals surface area contributed by atoms with Gasteiger partial charge in [0.25, 0.3) is 0 Å². The van der Waals surface area contributed by atoms with Crippen LogP contribution in [0, 0.1) is 0 Å². The molecule has 3 rings (SSSR count). The molecule has 110 valence electrons. The minimum atomic E-state index is -4.24. The van der Waals surface area contributed by atoms with Crippen LogP contribution in [0.5, 0.6) is 0 Å². The Hall–Kier alpha value is -0.880. The zero-order chi connectivity index (χ0) is 14.2. The van der Waals surface area contributed by atoms with E-state index >= 15 is 0 Å². The lowest BCUT2D eigenvalue weighted by Gasteiger charge is -2.19. The highest BCUT2D eigenvalue weighted by molar-refractivity contribution is 8.00. The number of benzene rings is 1. The van der Waals surface area contributed by atoms with Crippen molar-refractivity contribution in [2.45, 2.75) is 41.7 Å². The normalized spacial score (nSPS) is 24.1. The lowest BCUT2D eigenvalue weighted by atomic mass is 10.2. The van der Waals surface area contributed by atoms with Crippen LogP contribution >= 0.6 is 11.8 Å². The molecule has 0 aromatic heterocycles. The SMILES string of the molecule is FC(F)(F)Sc1ccccc1NC1CCN(C2CC2)C1. The molecule has 1 aromatic carbocycles. The van der Waals surface area contributed by atoms with Gasteiger partial charge in [-0.3, -0.25) is 4.90 Å². The van der Waals surface area contributed by atoms with Gasteiger partial charge < -0.3 is 5.32 Å². The van der Waals surface area contributed by atoms with Gasteiger partial charge in [0, 0.05) is 35.8 Å². The van der Waals surface area contributed by atoms with Crippen molar-refractivity contribution in [1.82, 2.24) is 4.90 Å². The summed E-state index contributed by atoms with van der Waals surface area (Å²) in [5.41, 5.74) is -3.65. The van der Waals surface area contributed by atoms with Crippen LogP contribution in [0.4, 0.5) is 18.9 Å². The van der Waals surface area contributed by atoms with E-state index in [4.69, 9.17) is 0 Å². The summed E-state index contributed by atoms with van der Waals surface area (Å²) < 4.78 is 37.6. The first kappa shape index (κ1) is 14.1. The second-order valence-electron chi connectivity index (χ2n) is 5.40. The largest absolute Gasteiger partial charge is 0.446 e. The van der Waals surface area contributed by atoms with E-state index in [9.17, 15) is 13.2 Å². The standard InChI is InChI=1S/C14H17F3N2S/c15-14(16,17)20-13-4-2-1-3-12(13)18-10-7-8-19(9-10)11-5-6-11/h1-4,10-11,18H,5-9H2. The third-order valence-corrected chi connectivity index (χ3v) is 4.56. The average Bonchev–Trinajstić information content (AvgIpc) is 3.11. The van der Waals surface area contributed by atoms with Crippen LogP contribution in [0.3, 0.4) is 0 Å². The molecular formula is C14H17F3N2S. The van der Waals surface area contributed by atoms with Crippen molar-refractivity contribution in [3.05, 3.63) is 24.3 Å². The minimum Gasteiger partial charge on any atom is -0.380 e. The van der Waals surface area contributed by atoms with Crippen LogP contribution in [0.25, 0.3) is 0 Å². The number of hydrogen-bond donors (Lipinski definition) is 1. The Kier molecular flexibility index (Phi) is 3.86. The fourth-order valence-electron chi connectivity index (χ4n) is 2.70. The number of anilines is 1. The third kappa shape index (κ3) is 3.61. The number of likely N-dealkylation sites (tertiary alicyclic amines) is 1. The molecule has 2 fully saturated rings. The van der Waals surface area contributed by atoms with Crippen molar-refractivity contribution < 1.29 is 13.2 Å². The van der Waals surface area contributed by atoms with E-state index < -0.39 is 5.51 Å². The van der Waals surface area contributed by atoms with Crippen LogP contribution in [-0.2, 0) is 0 Å². The molecule has 1 heterocycles. The van der Waals surface area contributed by atoms with Crippen LogP contribution in [0.1, 0.15) is 19.3 Å². The highest BCUT2D eigenvalue weighted by Crippen LogP contribution is 2.41. The second-order valence-corrected chi connectivity index (χ2v) is 6.51. The monoisotopic (exact) mass is 302 g/mol. The van der Waals surface area contributed by atoms with E-state index in [0.29, 0.717) is 5.69 Å². The van der Waals surface area contributed by atoms with Crippen molar-refractivity contribution in [2.24, 2.45) is 0 Å². The van der Waals surface area contributed by atoms with Crippen molar-refractivity contribution in [1.29, 1.82) is 0 Å². The average molecular weight is 302 g/mol. The van der Waals surface area contributed by atoms with Gasteiger partial charge in [0.1, 0.15) is 0 Å². The fraction of sp³-hybridized carbons (Fsp3) is 0.571. The molecule has 2 aliphatic rings. The van der Waals surface area contributed by atoms with Gasteiger partial charge in [0.15, 0.2) is 0 Å². The Balaban J connectivity index is 1.65. The Morgan fingerprint density at radius 3 is 2.60 bits per heavy atom. The Labute approximate surface area is 120 Å². The molecule has 1 N–H and O–H groups in total. The molecule has 2 nitrogen and oxygen atoms in total. The zero-order valence-electron chi connectivity index (χ0n) is 11.0. The van der Waals surface area contributed by atoms with Gasteiger partial charge in [-0.05, 0) is 43.2 Å². The summed E-state index contributed by atoms with van der Waals surface area (Å²) >= 11 is -0.0459. The number of rotatable bonds is 4. The van der Waals surface area contributed by atoms with Crippen LogP contribution in [-0.4, -0.2) is 35.6 Å². The molecule has 0 radical (unpaired) electrons.